The predicted molar refractivity (Wildman–Crippen MR) is 91.5 cm³/mol. The molecule has 116 valence electrons. The maximum absolute atomic E-state index is 11.6. The Hall–Kier alpha value is -2.88. The number of hydrogen-bond acceptors (Lipinski definition) is 4. The largest absolute Gasteiger partial charge is 0.462 e. The van der Waals surface area contributed by atoms with E-state index in [4.69, 9.17) is 4.74 Å². The van der Waals surface area contributed by atoms with Gasteiger partial charge in [0, 0.05) is 23.8 Å². The summed E-state index contributed by atoms with van der Waals surface area (Å²) in [5.41, 5.74) is 3.61. The first kappa shape index (κ1) is 15.0. The van der Waals surface area contributed by atoms with Gasteiger partial charge in [0.15, 0.2) is 0 Å². The number of nitrogens with zero attached hydrogens (tertiary/aromatic N) is 1. The highest BCUT2D eigenvalue weighted by Crippen LogP contribution is 2.15. The van der Waals surface area contributed by atoms with E-state index in [2.05, 4.69) is 22.4 Å². The number of fused-ring (bicyclic) bond motifs is 1. The van der Waals surface area contributed by atoms with E-state index in [0.717, 1.165) is 22.2 Å². The maximum Gasteiger partial charge on any atom is 0.338 e. The van der Waals surface area contributed by atoms with Crippen LogP contribution in [0.4, 0.5) is 5.69 Å². The van der Waals surface area contributed by atoms with Gasteiger partial charge in [-0.05, 0) is 48.9 Å². The summed E-state index contributed by atoms with van der Waals surface area (Å²) in [4.78, 5) is 16.1. The second-order valence-electron chi connectivity index (χ2n) is 5.19. The minimum absolute atomic E-state index is 0.294. The van der Waals surface area contributed by atoms with Crippen molar-refractivity contribution in [1.29, 1.82) is 0 Å². The molecule has 0 unspecified atom stereocenters. The molecule has 1 N–H and O–H groups in total. The standard InChI is InChI=1S/C19H18N2O2/c1-2-23-19(22)15-7-9-17(10-8-15)20-12-14-11-16-5-3-4-6-18(16)21-13-14/h3-11,13,20H,2,12H2,1H3. The number of aromatic nitrogens is 1. The minimum atomic E-state index is -0.294. The lowest BCUT2D eigenvalue weighted by Crippen LogP contribution is -2.05. The molecule has 4 nitrogen and oxygen atoms in total. The summed E-state index contributed by atoms with van der Waals surface area (Å²) in [7, 11) is 0. The number of rotatable bonds is 5. The third-order valence-corrected chi connectivity index (χ3v) is 3.54. The molecule has 2 aromatic carbocycles. The Morgan fingerprint density at radius 1 is 1.13 bits per heavy atom. The molecular formula is C19H18N2O2. The molecule has 0 fully saturated rings. The SMILES string of the molecule is CCOC(=O)c1ccc(NCc2cnc3ccccc3c2)cc1. The topological polar surface area (TPSA) is 51.2 Å². The quantitative estimate of drug-likeness (QED) is 0.723. The van der Waals surface area contributed by atoms with E-state index in [1.807, 2.05) is 36.5 Å². The van der Waals surface area contributed by atoms with Gasteiger partial charge in [0.1, 0.15) is 0 Å². The number of para-hydroxylation sites is 1. The summed E-state index contributed by atoms with van der Waals surface area (Å²) in [5.74, 6) is -0.294. The Labute approximate surface area is 135 Å². The molecule has 0 saturated carbocycles. The van der Waals surface area contributed by atoms with E-state index >= 15 is 0 Å². The van der Waals surface area contributed by atoms with E-state index in [1.165, 1.54) is 0 Å². The van der Waals surface area contributed by atoms with Gasteiger partial charge < -0.3 is 10.1 Å². The first-order valence-electron chi connectivity index (χ1n) is 7.61. The molecular weight excluding hydrogens is 288 g/mol. The Bertz CT molecular complexity index is 813. The first-order chi connectivity index (χ1) is 11.3. The van der Waals surface area contributed by atoms with Crippen molar-refractivity contribution in [2.24, 2.45) is 0 Å². The number of ether oxygens (including phenoxy) is 1. The molecule has 1 heterocycles. The molecule has 3 aromatic rings. The van der Waals surface area contributed by atoms with Crippen molar-refractivity contribution < 1.29 is 9.53 Å². The number of pyridine rings is 1. The molecule has 4 heteroatoms. The molecule has 23 heavy (non-hydrogen) atoms. The molecule has 0 bridgehead atoms. The van der Waals surface area contributed by atoms with Crippen molar-refractivity contribution in [1.82, 2.24) is 4.98 Å². The Morgan fingerprint density at radius 3 is 2.70 bits per heavy atom. The van der Waals surface area contributed by atoms with Crippen LogP contribution in [-0.2, 0) is 11.3 Å². The van der Waals surface area contributed by atoms with Crippen LogP contribution in [0.3, 0.4) is 0 Å². The number of hydrogen-bond donors (Lipinski definition) is 1. The third kappa shape index (κ3) is 3.66. The van der Waals surface area contributed by atoms with Gasteiger partial charge in [-0.15, -0.1) is 0 Å². The van der Waals surface area contributed by atoms with Crippen molar-refractivity contribution in [2.45, 2.75) is 13.5 Å². The van der Waals surface area contributed by atoms with Crippen molar-refractivity contribution in [2.75, 3.05) is 11.9 Å². The molecule has 0 aliphatic rings. The third-order valence-electron chi connectivity index (χ3n) is 3.54. The van der Waals surface area contributed by atoms with Crippen molar-refractivity contribution in [3.8, 4) is 0 Å². The lowest BCUT2D eigenvalue weighted by molar-refractivity contribution is 0.0526. The van der Waals surface area contributed by atoms with Crippen LogP contribution in [0.15, 0.2) is 60.8 Å². The number of carbonyl (C=O) groups is 1. The van der Waals surface area contributed by atoms with Gasteiger partial charge in [0.2, 0.25) is 0 Å². The van der Waals surface area contributed by atoms with Crippen molar-refractivity contribution >= 4 is 22.6 Å². The molecule has 0 aliphatic carbocycles. The zero-order valence-corrected chi connectivity index (χ0v) is 13.0. The molecule has 0 atom stereocenters. The van der Waals surface area contributed by atoms with Gasteiger partial charge in [-0.3, -0.25) is 4.98 Å². The highest BCUT2D eigenvalue weighted by Gasteiger charge is 2.05. The van der Waals surface area contributed by atoms with Gasteiger partial charge in [-0.2, -0.15) is 0 Å². The molecule has 0 saturated heterocycles. The number of anilines is 1. The molecule has 0 spiro atoms. The van der Waals surface area contributed by atoms with Gasteiger partial charge >= 0.3 is 5.97 Å². The Balaban J connectivity index is 1.66. The Kier molecular flexibility index (Phi) is 4.52. The second kappa shape index (κ2) is 6.92. The van der Waals surface area contributed by atoms with Gasteiger partial charge in [-0.1, -0.05) is 18.2 Å². The lowest BCUT2D eigenvalue weighted by atomic mass is 10.1. The van der Waals surface area contributed by atoms with Gasteiger partial charge in [0.25, 0.3) is 0 Å². The van der Waals surface area contributed by atoms with E-state index in [9.17, 15) is 4.79 Å². The van der Waals surface area contributed by atoms with Crippen LogP contribution in [0.2, 0.25) is 0 Å². The first-order valence-corrected chi connectivity index (χ1v) is 7.61. The molecule has 1 aromatic heterocycles. The summed E-state index contributed by atoms with van der Waals surface area (Å²) >= 11 is 0. The molecule has 0 aliphatic heterocycles. The zero-order valence-electron chi connectivity index (χ0n) is 13.0. The predicted octanol–water partition coefficient (Wildman–Crippen LogP) is 4.02. The molecule has 0 radical (unpaired) electrons. The van der Waals surface area contributed by atoms with Crippen LogP contribution in [-0.4, -0.2) is 17.6 Å². The fourth-order valence-corrected chi connectivity index (χ4v) is 2.36. The van der Waals surface area contributed by atoms with Crippen LogP contribution in [0.1, 0.15) is 22.8 Å². The summed E-state index contributed by atoms with van der Waals surface area (Å²) in [6.07, 6.45) is 1.88. The van der Waals surface area contributed by atoms with Crippen LogP contribution in [0.5, 0.6) is 0 Å². The molecule has 3 rings (SSSR count). The number of carbonyl (C=O) groups excluding carboxylic acids is 1. The van der Waals surface area contributed by atoms with Crippen LogP contribution < -0.4 is 5.32 Å². The highest BCUT2D eigenvalue weighted by molar-refractivity contribution is 5.89. The summed E-state index contributed by atoms with van der Waals surface area (Å²) < 4.78 is 4.97. The summed E-state index contributed by atoms with van der Waals surface area (Å²) in [6.45, 7) is 2.86. The van der Waals surface area contributed by atoms with Gasteiger partial charge in [-0.25, -0.2) is 4.79 Å². The second-order valence-corrected chi connectivity index (χ2v) is 5.19. The average Bonchev–Trinajstić information content (AvgIpc) is 2.60. The van der Waals surface area contributed by atoms with E-state index < -0.39 is 0 Å². The average molecular weight is 306 g/mol. The van der Waals surface area contributed by atoms with Gasteiger partial charge in [0.05, 0.1) is 17.7 Å². The van der Waals surface area contributed by atoms with Crippen molar-refractivity contribution in [3.05, 3.63) is 71.9 Å². The normalized spacial score (nSPS) is 10.5. The summed E-state index contributed by atoms with van der Waals surface area (Å²) in [5, 5.41) is 4.46. The van der Waals surface area contributed by atoms with Crippen LogP contribution >= 0.6 is 0 Å². The fraction of sp³-hybridized carbons (Fsp3) is 0.158. The van der Waals surface area contributed by atoms with Crippen molar-refractivity contribution in [3.63, 3.8) is 0 Å². The number of esters is 1. The van der Waals surface area contributed by atoms with E-state index in [0.29, 0.717) is 18.7 Å². The number of benzene rings is 2. The van der Waals surface area contributed by atoms with E-state index in [1.54, 1.807) is 19.1 Å². The van der Waals surface area contributed by atoms with Crippen LogP contribution in [0.25, 0.3) is 10.9 Å². The summed E-state index contributed by atoms with van der Waals surface area (Å²) in [6, 6.07) is 17.5. The Morgan fingerprint density at radius 2 is 1.91 bits per heavy atom. The maximum atomic E-state index is 11.6. The number of nitrogens with one attached hydrogen (secondary N) is 1. The fourth-order valence-electron chi connectivity index (χ4n) is 2.36. The highest BCUT2D eigenvalue weighted by atomic mass is 16.5. The minimum Gasteiger partial charge on any atom is -0.462 e. The molecule has 0 amide bonds. The smallest absolute Gasteiger partial charge is 0.338 e. The lowest BCUT2D eigenvalue weighted by Gasteiger charge is -2.08. The van der Waals surface area contributed by atoms with Crippen LogP contribution in [0, 0.1) is 0 Å². The monoisotopic (exact) mass is 306 g/mol. The van der Waals surface area contributed by atoms with E-state index in [-0.39, 0.29) is 5.97 Å². The zero-order chi connectivity index (χ0) is 16.1.